The molecule has 2 heterocycles. The van der Waals surface area contributed by atoms with Crippen LogP contribution >= 0.6 is 11.6 Å². The smallest absolute Gasteiger partial charge is 0.180 e. The Morgan fingerprint density at radius 1 is 0.788 bits per heavy atom. The van der Waals surface area contributed by atoms with Crippen molar-refractivity contribution in [1.82, 2.24) is 9.38 Å². The molecule has 33 heavy (non-hydrogen) atoms. The van der Waals surface area contributed by atoms with Crippen LogP contribution in [0.2, 0.25) is 5.02 Å². The van der Waals surface area contributed by atoms with Gasteiger partial charge < -0.3 is 13.9 Å². The first-order valence-corrected chi connectivity index (χ1v) is 11.2. The standard InChI is InChI=1S/C28H23ClN2O2/c1-20-16-23(11-14-26(20)32-19-22-9-12-24(29)13-10-22)25-17-31-15-5-8-27(28(31)30-25)33-18-21-6-3-2-4-7-21/h2-17H,18-19H2,1H3. The Morgan fingerprint density at radius 3 is 2.27 bits per heavy atom. The second-order valence-corrected chi connectivity index (χ2v) is 8.34. The number of nitrogens with zero attached hydrogens (tertiary/aromatic N) is 2. The Labute approximate surface area is 198 Å². The lowest BCUT2D eigenvalue weighted by Crippen LogP contribution is -1.97. The minimum Gasteiger partial charge on any atom is -0.489 e. The zero-order chi connectivity index (χ0) is 22.6. The molecule has 164 valence electrons. The molecule has 2 aromatic heterocycles. The van der Waals surface area contributed by atoms with E-state index in [0.717, 1.165) is 50.1 Å². The lowest BCUT2D eigenvalue weighted by atomic mass is 10.1. The van der Waals surface area contributed by atoms with Gasteiger partial charge in [0, 0.05) is 23.0 Å². The minimum absolute atomic E-state index is 0.494. The molecule has 0 aliphatic carbocycles. The largest absolute Gasteiger partial charge is 0.489 e. The maximum Gasteiger partial charge on any atom is 0.180 e. The van der Waals surface area contributed by atoms with Gasteiger partial charge in [-0.25, -0.2) is 4.98 Å². The van der Waals surface area contributed by atoms with E-state index in [1.165, 1.54) is 0 Å². The van der Waals surface area contributed by atoms with Gasteiger partial charge in [0.1, 0.15) is 19.0 Å². The van der Waals surface area contributed by atoms with E-state index in [9.17, 15) is 0 Å². The second-order valence-electron chi connectivity index (χ2n) is 7.90. The van der Waals surface area contributed by atoms with Crippen LogP contribution in [0.25, 0.3) is 16.9 Å². The van der Waals surface area contributed by atoms with Gasteiger partial charge in [0.2, 0.25) is 0 Å². The average molecular weight is 455 g/mol. The zero-order valence-electron chi connectivity index (χ0n) is 18.2. The molecule has 5 aromatic rings. The molecule has 0 bridgehead atoms. The van der Waals surface area contributed by atoms with Crippen molar-refractivity contribution >= 4 is 17.2 Å². The van der Waals surface area contributed by atoms with Gasteiger partial charge in [-0.1, -0.05) is 54.1 Å². The predicted molar refractivity (Wildman–Crippen MR) is 132 cm³/mol. The van der Waals surface area contributed by atoms with Gasteiger partial charge in [0.05, 0.1) is 5.69 Å². The van der Waals surface area contributed by atoms with E-state index in [2.05, 4.69) is 18.2 Å². The molecule has 0 unspecified atom stereocenters. The summed E-state index contributed by atoms with van der Waals surface area (Å²) in [7, 11) is 0. The van der Waals surface area contributed by atoms with Crippen molar-refractivity contribution in [3.63, 3.8) is 0 Å². The first-order valence-electron chi connectivity index (χ1n) is 10.8. The highest BCUT2D eigenvalue weighted by Gasteiger charge is 2.11. The quantitative estimate of drug-likeness (QED) is 0.262. The fourth-order valence-corrected chi connectivity index (χ4v) is 3.81. The predicted octanol–water partition coefficient (Wildman–Crippen LogP) is 7.12. The lowest BCUT2D eigenvalue weighted by molar-refractivity contribution is 0.304. The van der Waals surface area contributed by atoms with E-state index in [1.807, 2.05) is 90.4 Å². The molecule has 0 aliphatic rings. The number of aromatic nitrogens is 2. The summed E-state index contributed by atoms with van der Waals surface area (Å²) in [5, 5.41) is 0.723. The summed E-state index contributed by atoms with van der Waals surface area (Å²) in [5.41, 5.74) is 5.97. The summed E-state index contributed by atoms with van der Waals surface area (Å²) >= 11 is 5.96. The van der Waals surface area contributed by atoms with Crippen molar-refractivity contribution in [2.24, 2.45) is 0 Å². The number of halogens is 1. The minimum atomic E-state index is 0.494. The highest BCUT2D eigenvalue weighted by molar-refractivity contribution is 6.30. The second kappa shape index (κ2) is 9.39. The van der Waals surface area contributed by atoms with Gasteiger partial charge in [-0.15, -0.1) is 0 Å². The maximum absolute atomic E-state index is 6.07. The molecule has 0 spiro atoms. The molecule has 0 saturated carbocycles. The Hall–Kier alpha value is -3.76. The Bertz CT molecular complexity index is 1380. The van der Waals surface area contributed by atoms with Gasteiger partial charge in [-0.3, -0.25) is 0 Å². The molecule has 0 N–H and O–H groups in total. The number of hydrogen-bond donors (Lipinski definition) is 0. The van der Waals surface area contributed by atoms with Crippen LogP contribution in [0.15, 0.2) is 97.3 Å². The van der Waals surface area contributed by atoms with Crippen LogP contribution in [0.3, 0.4) is 0 Å². The first-order chi connectivity index (χ1) is 16.2. The number of benzene rings is 3. The van der Waals surface area contributed by atoms with Crippen LogP contribution < -0.4 is 9.47 Å². The SMILES string of the molecule is Cc1cc(-c2cn3cccc(OCc4ccccc4)c3n2)ccc1OCc1ccc(Cl)cc1. The molecule has 3 aromatic carbocycles. The van der Waals surface area contributed by atoms with Crippen LogP contribution in [-0.2, 0) is 13.2 Å². The number of fused-ring (bicyclic) bond motifs is 1. The third-order valence-corrected chi connectivity index (χ3v) is 5.71. The molecule has 4 nitrogen and oxygen atoms in total. The van der Waals surface area contributed by atoms with Crippen molar-refractivity contribution in [1.29, 1.82) is 0 Å². The first kappa shape index (κ1) is 21.1. The fourth-order valence-electron chi connectivity index (χ4n) is 3.69. The van der Waals surface area contributed by atoms with E-state index in [-0.39, 0.29) is 0 Å². The topological polar surface area (TPSA) is 35.8 Å². The van der Waals surface area contributed by atoms with Gasteiger partial charge in [0.15, 0.2) is 11.4 Å². The number of pyridine rings is 1. The molecule has 0 radical (unpaired) electrons. The average Bonchev–Trinajstić information content (AvgIpc) is 3.29. The number of aryl methyl sites for hydroxylation is 1. The van der Waals surface area contributed by atoms with Crippen molar-refractivity contribution in [2.45, 2.75) is 20.1 Å². The number of imidazole rings is 1. The number of hydrogen-bond acceptors (Lipinski definition) is 3. The molecule has 0 atom stereocenters. The van der Waals surface area contributed by atoms with Crippen molar-refractivity contribution < 1.29 is 9.47 Å². The van der Waals surface area contributed by atoms with E-state index < -0.39 is 0 Å². The normalized spacial score (nSPS) is 11.0. The number of ether oxygens (including phenoxy) is 2. The number of rotatable bonds is 7. The summed E-state index contributed by atoms with van der Waals surface area (Å²) < 4.78 is 14.1. The van der Waals surface area contributed by atoms with Crippen LogP contribution in [0.4, 0.5) is 0 Å². The Kier molecular flexibility index (Phi) is 6.01. The fraction of sp³-hybridized carbons (Fsp3) is 0.107. The van der Waals surface area contributed by atoms with Crippen LogP contribution in [-0.4, -0.2) is 9.38 Å². The Morgan fingerprint density at radius 2 is 1.52 bits per heavy atom. The molecular formula is C28H23ClN2O2. The maximum atomic E-state index is 6.07. The third-order valence-electron chi connectivity index (χ3n) is 5.46. The monoisotopic (exact) mass is 454 g/mol. The van der Waals surface area contributed by atoms with Gasteiger partial charge in [0.25, 0.3) is 0 Å². The molecule has 0 aliphatic heterocycles. The van der Waals surface area contributed by atoms with Crippen LogP contribution in [0, 0.1) is 6.92 Å². The highest BCUT2D eigenvalue weighted by atomic mass is 35.5. The lowest BCUT2D eigenvalue weighted by Gasteiger charge is -2.10. The van der Waals surface area contributed by atoms with E-state index >= 15 is 0 Å². The summed E-state index contributed by atoms with van der Waals surface area (Å²) in [6, 6.07) is 27.9. The van der Waals surface area contributed by atoms with Gasteiger partial charge in [-0.05, 0) is 66.1 Å². The van der Waals surface area contributed by atoms with Gasteiger partial charge in [-0.2, -0.15) is 0 Å². The molecule has 5 rings (SSSR count). The summed E-state index contributed by atoms with van der Waals surface area (Å²) in [6.45, 7) is 3.04. The molecule has 0 amide bonds. The molecule has 0 fully saturated rings. The van der Waals surface area contributed by atoms with Crippen LogP contribution in [0.5, 0.6) is 11.5 Å². The molecular weight excluding hydrogens is 432 g/mol. The van der Waals surface area contributed by atoms with Crippen molar-refractivity contribution in [3.8, 4) is 22.8 Å². The van der Waals surface area contributed by atoms with Crippen molar-refractivity contribution in [2.75, 3.05) is 0 Å². The van der Waals surface area contributed by atoms with E-state index in [0.29, 0.717) is 13.2 Å². The molecule has 5 heteroatoms. The zero-order valence-corrected chi connectivity index (χ0v) is 19.0. The summed E-state index contributed by atoms with van der Waals surface area (Å²) in [5.74, 6) is 1.61. The summed E-state index contributed by atoms with van der Waals surface area (Å²) in [6.07, 6.45) is 4.01. The highest BCUT2D eigenvalue weighted by Crippen LogP contribution is 2.29. The molecule has 0 saturated heterocycles. The van der Waals surface area contributed by atoms with Gasteiger partial charge >= 0.3 is 0 Å². The Balaban J connectivity index is 1.34. The van der Waals surface area contributed by atoms with Crippen molar-refractivity contribution in [3.05, 3.63) is 119 Å². The summed E-state index contributed by atoms with van der Waals surface area (Å²) in [4.78, 5) is 4.85. The van der Waals surface area contributed by atoms with E-state index in [4.69, 9.17) is 26.1 Å². The van der Waals surface area contributed by atoms with E-state index in [1.54, 1.807) is 0 Å². The van der Waals surface area contributed by atoms with Crippen LogP contribution in [0.1, 0.15) is 16.7 Å². The third kappa shape index (κ3) is 4.86.